The molecule has 2 aromatic carbocycles. The Morgan fingerprint density at radius 3 is 2.28 bits per heavy atom. The first-order valence-corrected chi connectivity index (χ1v) is 15.9. The van der Waals surface area contributed by atoms with E-state index in [1.807, 2.05) is 25.1 Å². The van der Waals surface area contributed by atoms with Gasteiger partial charge in [-0.1, -0.05) is 54.9 Å². The summed E-state index contributed by atoms with van der Waals surface area (Å²) in [5, 5.41) is 13.8. The van der Waals surface area contributed by atoms with Crippen LogP contribution >= 0.6 is 0 Å². The molecule has 0 amide bonds. The molecular formula is C31H42N4O3S. The molecule has 3 aromatic rings. The van der Waals surface area contributed by atoms with Gasteiger partial charge in [-0.05, 0) is 75.5 Å². The molecular weight excluding hydrogens is 508 g/mol. The Morgan fingerprint density at radius 1 is 0.974 bits per heavy atom. The molecule has 0 atom stereocenters. The van der Waals surface area contributed by atoms with Crippen LogP contribution in [0.25, 0.3) is 10.9 Å². The number of likely N-dealkylation sites (tertiary alicyclic amines) is 1. The molecule has 1 aliphatic heterocycles. The molecule has 7 nitrogen and oxygen atoms in total. The van der Waals surface area contributed by atoms with E-state index in [0.29, 0.717) is 6.04 Å². The minimum atomic E-state index is -3.70. The SMILES string of the molecule is Cc1ccc(S(=O)(=O)NCc2c(/C=N\O)c3ccccc3n2C2CCN(C3CCC(C(C)C)CC3)CC2)cc1. The molecule has 2 fully saturated rings. The molecule has 2 heterocycles. The number of hydrogen-bond donors (Lipinski definition) is 2. The molecule has 2 N–H and O–H groups in total. The first kappa shape index (κ1) is 27.9. The molecule has 1 saturated carbocycles. The predicted octanol–water partition coefficient (Wildman–Crippen LogP) is 6.09. The number of aryl methyl sites for hydroxylation is 1. The fraction of sp³-hybridized carbons (Fsp3) is 0.516. The molecule has 2 aliphatic rings. The van der Waals surface area contributed by atoms with Crippen molar-refractivity contribution in [3.8, 4) is 0 Å². The zero-order chi connectivity index (χ0) is 27.6. The third-order valence-corrected chi connectivity index (χ3v) is 10.5. The summed E-state index contributed by atoms with van der Waals surface area (Å²) in [7, 11) is -3.70. The summed E-state index contributed by atoms with van der Waals surface area (Å²) in [6.45, 7) is 8.85. The number of aromatic nitrogens is 1. The van der Waals surface area contributed by atoms with Crippen LogP contribution in [0.3, 0.4) is 0 Å². The standard InChI is InChI=1S/C31H42N4O3S/c1-22(2)24-10-12-25(13-11-24)34-18-16-26(17-19-34)35-30-7-5-4-6-28(30)29(20-32-36)31(35)21-33-39(37,38)27-14-8-23(3)9-15-27/h4-9,14-15,20,22,24-26,33,36H,10-13,16-19,21H2,1-3H3/b32-20-. The van der Waals surface area contributed by atoms with E-state index >= 15 is 0 Å². The number of rotatable bonds is 8. The lowest BCUT2D eigenvalue weighted by Gasteiger charge is -2.42. The fourth-order valence-electron chi connectivity index (χ4n) is 6.75. The quantitative estimate of drug-likeness (QED) is 0.202. The van der Waals surface area contributed by atoms with E-state index in [4.69, 9.17) is 0 Å². The Bertz CT molecular complexity index is 1400. The number of nitrogens with one attached hydrogen (secondary N) is 1. The van der Waals surface area contributed by atoms with Crippen LogP contribution in [0.1, 0.15) is 75.2 Å². The summed E-state index contributed by atoms with van der Waals surface area (Å²) in [5.74, 6) is 1.64. The highest BCUT2D eigenvalue weighted by Crippen LogP contribution is 2.37. The van der Waals surface area contributed by atoms with Gasteiger partial charge in [0.15, 0.2) is 0 Å². The number of piperidine rings is 1. The number of benzene rings is 2. The van der Waals surface area contributed by atoms with Crippen molar-refractivity contribution in [2.75, 3.05) is 13.1 Å². The van der Waals surface area contributed by atoms with Crippen molar-refractivity contribution in [1.82, 2.24) is 14.2 Å². The number of nitrogens with zero attached hydrogens (tertiary/aromatic N) is 3. The number of para-hydroxylation sites is 1. The Balaban J connectivity index is 1.39. The zero-order valence-electron chi connectivity index (χ0n) is 23.4. The van der Waals surface area contributed by atoms with Crippen LogP contribution in [-0.2, 0) is 16.6 Å². The van der Waals surface area contributed by atoms with Gasteiger partial charge >= 0.3 is 0 Å². The molecule has 1 aliphatic carbocycles. The minimum absolute atomic E-state index is 0.117. The van der Waals surface area contributed by atoms with Gasteiger partial charge in [0.25, 0.3) is 0 Å². The van der Waals surface area contributed by atoms with Crippen LogP contribution in [0.2, 0.25) is 0 Å². The number of hydrogen-bond acceptors (Lipinski definition) is 5. The summed E-state index contributed by atoms with van der Waals surface area (Å²) in [4.78, 5) is 2.93. The summed E-state index contributed by atoms with van der Waals surface area (Å²) in [6.07, 6.45) is 8.72. The molecule has 5 rings (SSSR count). The van der Waals surface area contributed by atoms with E-state index in [1.165, 1.54) is 31.9 Å². The first-order valence-electron chi connectivity index (χ1n) is 14.4. The Morgan fingerprint density at radius 2 is 1.64 bits per heavy atom. The lowest BCUT2D eigenvalue weighted by Crippen LogP contribution is -2.44. The minimum Gasteiger partial charge on any atom is -0.411 e. The van der Waals surface area contributed by atoms with E-state index in [2.05, 4.69) is 39.3 Å². The molecule has 1 aromatic heterocycles. The van der Waals surface area contributed by atoms with E-state index in [-0.39, 0.29) is 17.5 Å². The first-order chi connectivity index (χ1) is 18.8. The van der Waals surface area contributed by atoms with Gasteiger partial charge in [-0.3, -0.25) is 0 Å². The normalized spacial score (nSPS) is 21.8. The van der Waals surface area contributed by atoms with Gasteiger partial charge in [0.2, 0.25) is 10.0 Å². The molecule has 8 heteroatoms. The molecule has 0 bridgehead atoms. The van der Waals surface area contributed by atoms with E-state index < -0.39 is 10.0 Å². The maximum Gasteiger partial charge on any atom is 0.240 e. The second-order valence-electron chi connectivity index (χ2n) is 11.7. The van der Waals surface area contributed by atoms with Gasteiger partial charge in [-0.25, -0.2) is 13.1 Å². The third-order valence-electron chi connectivity index (χ3n) is 9.07. The summed E-state index contributed by atoms with van der Waals surface area (Å²) in [6, 6.07) is 15.9. The highest BCUT2D eigenvalue weighted by molar-refractivity contribution is 7.89. The smallest absolute Gasteiger partial charge is 0.240 e. The topological polar surface area (TPSA) is 86.9 Å². The summed E-state index contributed by atoms with van der Waals surface area (Å²) < 4.78 is 31.4. The van der Waals surface area contributed by atoms with Crippen molar-refractivity contribution in [3.63, 3.8) is 0 Å². The number of sulfonamides is 1. The van der Waals surface area contributed by atoms with Crippen molar-refractivity contribution in [3.05, 3.63) is 65.4 Å². The van der Waals surface area contributed by atoms with Gasteiger partial charge in [-0.15, -0.1) is 0 Å². The van der Waals surface area contributed by atoms with Gasteiger partial charge in [0, 0.05) is 47.3 Å². The molecule has 39 heavy (non-hydrogen) atoms. The monoisotopic (exact) mass is 550 g/mol. The predicted molar refractivity (Wildman–Crippen MR) is 157 cm³/mol. The Kier molecular flexibility index (Phi) is 8.45. The van der Waals surface area contributed by atoms with Gasteiger partial charge < -0.3 is 14.7 Å². The summed E-state index contributed by atoms with van der Waals surface area (Å²) >= 11 is 0. The second kappa shape index (κ2) is 11.8. The van der Waals surface area contributed by atoms with Crippen molar-refractivity contribution in [2.24, 2.45) is 17.0 Å². The van der Waals surface area contributed by atoms with Crippen LogP contribution in [0.5, 0.6) is 0 Å². The maximum absolute atomic E-state index is 13.2. The molecule has 210 valence electrons. The van der Waals surface area contributed by atoms with Crippen LogP contribution < -0.4 is 4.72 Å². The summed E-state index contributed by atoms with van der Waals surface area (Å²) in [5.41, 5.74) is 3.65. The van der Waals surface area contributed by atoms with Gasteiger partial charge in [0.05, 0.1) is 17.7 Å². The van der Waals surface area contributed by atoms with Gasteiger partial charge in [0.1, 0.15) is 0 Å². The lowest BCUT2D eigenvalue weighted by molar-refractivity contribution is 0.0889. The fourth-order valence-corrected chi connectivity index (χ4v) is 7.74. The van der Waals surface area contributed by atoms with E-state index in [9.17, 15) is 13.6 Å². The van der Waals surface area contributed by atoms with Gasteiger partial charge in [-0.2, -0.15) is 0 Å². The largest absolute Gasteiger partial charge is 0.411 e. The van der Waals surface area contributed by atoms with E-state index in [1.54, 1.807) is 24.3 Å². The molecule has 1 saturated heterocycles. The number of oxime groups is 1. The Labute approximate surface area is 232 Å². The van der Waals surface area contributed by atoms with E-state index in [0.717, 1.165) is 65.5 Å². The maximum atomic E-state index is 13.2. The lowest BCUT2D eigenvalue weighted by atomic mass is 9.79. The van der Waals surface area contributed by atoms with Crippen LogP contribution in [0, 0.1) is 18.8 Å². The van der Waals surface area contributed by atoms with Crippen molar-refractivity contribution in [2.45, 2.75) is 82.8 Å². The average Bonchev–Trinajstić information content (AvgIpc) is 3.26. The third kappa shape index (κ3) is 5.93. The highest BCUT2D eigenvalue weighted by Gasteiger charge is 2.32. The highest BCUT2D eigenvalue weighted by atomic mass is 32.2. The molecule has 0 unspecified atom stereocenters. The van der Waals surface area contributed by atoms with Crippen LogP contribution in [0.15, 0.2) is 58.6 Å². The average molecular weight is 551 g/mol. The number of fused-ring (bicyclic) bond motifs is 1. The second-order valence-corrected chi connectivity index (χ2v) is 13.5. The van der Waals surface area contributed by atoms with Crippen LogP contribution in [-0.4, -0.2) is 48.4 Å². The molecule has 0 spiro atoms. The van der Waals surface area contributed by atoms with Crippen molar-refractivity contribution < 1.29 is 13.6 Å². The van der Waals surface area contributed by atoms with Crippen molar-refractivity contribution in [1.29, 1.82) is 0 Å². The van der Waals surface area contributed by atoms with Crippen molar-refractivity contribution >= 4 is 27.1 Å². The Hall–Kier alpha value is -2.68. The molecule has 0 radical (unpaired) electrons. The van der Waals surface area contributed by atoms with Crippen LogP contribution in [0.4, 0.5) is 0 Å². The zero-order valence-corrected chi connectivity index (χ0v) is 24.2.